The summed E-state index contributed by atoms with van der Waals surface area (Å²) in [6.07, 6.45) is 1.50. The molecular weight excluding hydrogens is 612 g/mol. The molecule has 1 aliphatic rings. The summed E-state index contributed by atoms with van der Waals surface area (Å²) in [6.45, 7) is 2.11. The molecule has 0 saturated carbocycles. The normalized spacial score (nSPS) is 13.9. The molecule has 12 heteroatoms. The first-order valence-corrected chi connectivity index (χ1v) is 13.4. The number of esters is 2. The highest BCUT2D eigenvalue weighted by Gasteiger charge is 2.28. The number of rotatable bonds is 7. The van der Waals surface area contributed by atoms with Gasteiger partial charge in [0, 0.05) is 26.7 Å². The Morgan fingerprint density at radius 2 is 1.92 bits per heavy atom. The van der Waals surface area contributed by atoms with E-state index in [0.717, 1.165) is 15.8 Å². The summed E-state index contributed by atoms with van der Waals surface area (Å²) in [5.41, 5.74) is 0.870. The van der Waals surface area contributed by atoms with Crippen LogP contribution < -0.4 is 9.47 Å². The van der Waals surface area contributed by atoms with E-state index in [1.54, 1.807) is 55.5 Å². The summed E-state index contributed by atoms with van der Waals surface area (Å²) in [6, 6.07) is 15.9. The van der Waals surface area contributed by atoms with E-state index in [1.165, 1.54) is 18.2 Å². The predicted molar refractivity (Wildman–Crippen MR) is 151 cm³/mol. The van der Waals surface area contributed by atoms with E-state index >= 15 is 0 Å². The summed E-state index contributed by atoms with van der Waals surface area (Å²) in [4.78, 5) is 40.5. The largest absolute Gasteiger partial charge is 0.490 e. The van der Waals surface area contributed by atoms with E-state index in [4.69, 9.17) is 25.8 Å². The van der Waals surface area contributed by atoms with Crippen LogP contribution in [0.5, 0.6) is 11.5 Å². The number of hydrogen-bond acceptors (Lipinski definition) is 9. The predicted octanol–water partition coefficient (Wildman–Crippen LogP) is 7.19. The third-order valence-corrected chi connectivity index (χ3v) is 7.67. The van der Waals surface area contributed by atoms with Crippen LogP contribution in [0.15, 0.2) is 75.8 Å². The quantitative estimate of drug-likeness (QED) is 0.0700. The van der Waals surface area contributed by atoms with E-state index in [1.807, 2.05) is 0 Å². The van der Waals surface area contributed by atoms with Gasteiger partial charge < -0.3 is 14.2 Å². The second-order valence-electron chi connectivity index (χ2n) is 8.05. The molecule has 3 aromatic carbocycles. The van der Waals surface area contributed by atoms with Gasteiger partial charge in [0.15, 0.2) is 17.2 Å². The Morgan fingerprint density at radius 3 is 2.64 bits per heavy atom. The fourth-order valence-electron chi connectivity index (χ4n) is 3.68. The lowest BCUT2D eigenvalue weighted by Crippen LogP contribution is -2.09. The Kier molecular flexibility index (Phi) is 7.47. The standard InChI is InChI=1S/C27H16BrClN2O7S/c1-2-36-21-12-14(3-10-20(21)37-26(32)15-4-6-16(28)7-5-15)11-19-27(33)38-25(30-19)24-23(29)18-9-8-17(31(34)35)13-22(18)39-24/h3-13H,2H2,1H3/b19-11+. The molecule has 0 saturated heterocycles. The minimum absolute atomic E-state index is 0.00480. The third kappa shape index (κ3) is 5.56. The van der Waals surface area contributed by atoms with Crippen molar-refractivity contribution < 1.29 is 28.7 Å². The molecule has 1 aliphatic heterocycles. The van der Waals surface area contributed by atoms with Gasteiger partial charge in [-0.3, -0.25) is 10.1 Å². The second kappa shape index (κ2) is 11.0. The highest BCUT2D eigenvalue weighted by Crippen LogP contribution is 2.39. The van der Waals surface area contributed by atoms with Gasteiger partial charge in [-0.15, -0.1) is 11.3 Å². The number of nitro benzene ring substituents is 1. The minimum atomic E-state index is -0.687. The fourth-order valence-corrected chi connectivity index (χ4v) is 5.42. The van der Waals surface area contributed by atoms with Gasteiger partial charge in [0.2, 0.25) is 5.90 Å². The summed E-state index contributed by atoms with van der Waals surface area (Å²) in [7, 11) is 0. The van der Waals surface area contributed by atoms with Crippen molar-refractivity contribution in [2.45, 2.75) is 6.92 Å². The maximum atomic E-state index is 12.6. The number of thiophene rings is 1. The fraction of sp³-hybridized carbons (Fsp3) is 0.0741. The summed E-state index contributed by atoms with van der Waals surface area (Å²) in [5.74, 6) is -0.703. The lowest BCUT2D eigenvalue weighted by Gasteiger charge is -2.11. The number of benzene rings is 3. The van der Waals surface area contributed by atoms with Crippen LogP contribution in [0.3, 0.4) is 0 Å². The molecule has 1 aromatic heterocycles. The SMILES string of the molecule is CCOc1cc(/C=C2/N=C(c3sc4cc([N+](=O)[O-])ccc4c3Cl)OC2=O)ccc1OC(=O)c1ccc(Br)cc1. The average molecular weight is 628 g/mol. The van der Waals surface area contributed by atoms with Gasteiger partial charge >= 0.3 is 11.9 Å². The van der Waals surface area contributed by atoms with Crippen LogP contribution in [0, 0.1) is 10.1 Å². The van der Waals surface area contributed by atoms with Gasteiger partial charge in [-0.25, -0.2) is 14.6 Å². The maximum Gasteiger partial charge on any atom is 0.363 e. The molecule has 0 atom stereocenters. The van der Waals surface area contributed by atoms with Crippen LogP contribution in [-0.4, -0.2) is 29.4 Å². The van der Waals surface area contributed by atoms with Gasteiger partial charge in [0.25, 0.3) is 5.69 Å². The van der Waals surface area contributed by atoms with Crippen LogP contribution in [0.4, 0.5) is 5.69 Å². The number of carbonyl (C=O) groups excluding carboxylic acids is 2. The average Bonchev–Trinajstić information content (AvgIpc) is 3.44. The van der Waals surface area contributed by atoms with E-state index in [9.17, 15) is 19.7 Å². The Bertz CT molecular complexity index is 1710. The van der Waals surface area contributed by atoms with Crippen molar-refractivity contribution in [3.05, 3.63) is 102 Å². The highest BCUT2D eigenvalue weighted by atomic mass is 79.9. The highest BCUT2D eigenvalue weighted by molar-refractivity contribution is 9.10. The molecule has 0 radical (unpaired) electrons. The van der Waals surface area contributed by atoms with Crippen molar-refractivity contribution in [1.29, 1.82) is 0 Å². The molecule has 39 heavy (non-hydrogen) atoms. The van der Waals surface area contributed by atoms with Crippen LogP contribution in [0.1, 0.15) is 27.7 Å². The Hall–Kier alpha value is -4.06. The Labute approximate surface area is 238 Å². The number of halogens is 2. The first kappa shape index (κ1) is 26.5. The summed E-state index contributed by atoms with van der Waals surface area (Å²) >= 11 is 10.9. The zero-order valence-electron chi connectivity index (χ0n) is 20.0. The summed E-state index contributed by atoms with van der Waals surface area (Å²) in [5, 5.41) is 12.0. The number of carbonyl (C=O) groups is 2. The molecule has 0 aliphatic carbocycles. The molecule has 0 bridgehead atoms. The van der Waals surface area contributed by atoms with Gasteiger partial charge in [-0.2, -0.15) is 0 Å². The number of ether oxygens (including phenoxy) is 3. The minimum Gasteiger partial charge on any atom is -0.490 e. The first-order chi connectivity index (χ1) is 18.7. The molecular formula is C27H16BrClN2O7S. The van der Waals surface area contributed by atoms with Crippen molar-refractivity contribution >= 4 is 78.6 Å². The molecule has 0 unspecified atom stereocenters. The third-order valence-electron chi connectivity index (χ3n) is 5.49. The first-order valence-electron chi connectivity index (χ1n) is 11.4. The van der Waals surface area contributed by atoms with Crippen LogP contribution in [0.2, 0.25) is 5.02 Å². The summed E-state index contributed by atoms with van der Waals surface area (Å²) < 4.78 is 18.0. The van der Waals surface area contributed by atoms with Crippen LogP contribution in [-0.2, 0) is 9.53 Å². The monoisotopic (exact) mass is 626 g/mol. The molecule has 4 aromatic rings. The smallest absolute Gasteiger partial charge is 0.363 e. The van der Waals surface area contributed by atoms with Gasteiger partial charge in [0.1, 0.15) is 4.88 Å². The van der Waals surface area contributed by atoms with Crippen molar-refractivity contribution in [3.8, 4) is 11.5 Å². The van der Waals surface area contributed by atoms with E-state index in [2.05, 4.69) is 20.9 Å². The Morgan fingerprint density at radius 1 is 1.15 bits per heavy atom. The zero-order chi connectivity index (χ0) is 27.7. The van der Waals surface area contributed by atoms with Gasteiger partial charge in [-0.05, 0) is 61.0 Å². The number of nitro groups is 1. The van der Waals surface area contributed by atoms with E-state index in [0.29, 0.717) is 38.4 Å². The van der Waals surface area contributed by atoms with Gasteiger partial charge in [-0.1, -0.05) is 33.6 Å². The number of hydrogen-bond donors (Lipinski definition) is 0. The molecule has 9 nitrogen and oxygen atoms in total. The lowest BCUT2D eigenvalue weighted by atomic mass is 10.1. The molecule has 0 spiro atoms. The van der Waals surface area contributed by atoms with Crippen molar-refractivity contribution in [1.82, 2.24) is 0 Å². The van der Waals surface area contributed by atoms with Crippen LogP contribution in [0.25, 0.3) is 16.2 Å². The second-order valence-corrected chi connectivity index (χ2v) is 10.4. The topological polar surface area (TPSA) is 117 Å². The molecule has 5 rings (SSSR count). The number of nitrogens with zero attached hydrogens (tertiary/aromatic N) is 2. The molecule has 2 heterocycles. The zero-order valence-corrected chi connectivity index (χ0v) is 23.1. The number of fused-ring (bicyclic) bond motifs is 1. The van der Waals surface area contributed by atoms with Gasteiger partial charge in [0.05, 0.1) is 22.1 Å². The van der Waals surface area contributed by atoms with Crippen molar-refractivity contribution in [2.75, 3.05) is 6.61 Å². The molecule has 0 amide bonds. The van der Waals surface area contributed by atoms with Crippen LogP contribution >= 0.6 is 38.9 Å². The lowest BCUT2D eigenvalue weighted by molar-refractivity contribution is -0.384. The molecule has 0 N–H and O–H groups in total. The number of cyclic esters (lactones) is 1. The Balaban J connectivity index is 1.43. The number of non-ortho nitro benzene ring substituents is 1. The maximum absolute atomic E-state index is 12.6. The van der Waals surface area contributed by atoms with Crippen molar-refractivity contribution in [3.63, 3.8) is 0 Å². The molecule has 196 valence electrons. The van der Waals surface area contributed by atoms with E-state index in [-0.39, 0.29) is 28.1 Å². The molecule has 0 fully saturated rings. The van der Waals surface area contributed by atoms with E-state index < -0.39 is 16.9 Å². The van der Waals surface area contributed by atoms with Crippen molar-refractivity contribution in [2.24, 2.45) is 4.99 Å². The number of aliphatic imine (C=N–C) groups is 1.